The van der Waals surface area contributed by atoms with Crippen molar-refractivity contribution in [1.29, 1.82) is 0 Å². The van der Waals surface area contributed by atoms with Crippen LogP contribution >= 0.6 is 0 Å². The minimum Gasteiger partial charge on any atom is -0.480 e. The van der Waals surface area contributed by atoms with Crippen LogP contribution in [0.25, 0.3) is 0 Å². The van der Waals surface area contributed by atoms with Gasteiger partial charge in [-0.2, -0.15) is 0 Å². The zero-order chi connectivity index (χ0) is 27.5. The van der Waals surface area contributed by atoms with Gasteiger partial charge in [0.25, 0.3) is 0 Å². The minimum atomic E-state index is -1.35. The summed E-state index contributed by atoms with van der Waals surface area (Å²) >= 11 is 0. The predicted molar refractivity (Wildman–Crippen MR) is 146 cm³/mol. The number of amides is 2. The Labute approximate surface area is 225 Å². The van der Waals surface area contributed by atoms with Gasteiger partial charge in [-0.3, -0.25) is 4.79 Å². The molecule has 4 unspecified atom stereocenters. The molecule has 2 amide bonds. The number of carbonyl (C=O) groups excluding carboxylic acids is 2. The van der Waals surface area contributed by atoms with Crippen molar-refractivity contribution in [1.82, 2.24) is 4.90 Å². The van der Waals surface area contributed by atoms with Crippen LogP contribution in [0.3, 0.4) is 0 Å². The molecule has 0 bridgehead atoms. The maximum atomic E-state index is 14.2. The van der Waals surface area contributed by atoms with Gasteiger partial charge in [-0.15, -0.1) is 0 Å². The van der Waals surface area contributed by atoms with Crippen molar-refractivity contribution in [3.05, 3.63) is 137 Å². The second-order valence-electron chi connectivity index (χ2n) is 9.68. The summed E-state index contributed by atoms with van der Waals surface area (Å²) in [6.07, 6.45) is 0. The summed E-state index contributed by atoms with van der Waals surface area (Å²) in [5, 5.41) is 13.3. The van der Waals surface area contributed by atoms with E-state index in [1.807, 2.05) is 37.3 Å². The SMILES string of the molecule is Cc1cccc(C2C(C(=O)c3ccccc3)C(c3ccccc3)C(C(=O)O)N2C(=O)Nc2ccc(F)cc2)c1. The van der Waals surface area contributed by atoms with Crippen LogP contribution in [0.5, 0.6) is 0 Å². The van der Waals surface area contributed by atoms with Gasteiger partial charge in [0.1, 0.15) is 11.9 Å². The molecular formula is C32H27FN2O4. The fourth-order valence-corrected chi connectivity index (χ4v) is 5.55. The number of anilines is 1. The fraction of sp³-hybridized carbons (Fsp3) is 0.156. The fourth-order valence-electron chi connectivity index (χ4n) is 5.55. The third kappa shape index (κ3) is 5.16. The lowest BCUT2D eigenvalue weighted by Crippen LogP contribution is -2.45. The van der Waals surface area contributed by atoms with Crippen molar-refractivity contribution in [2.45, 2.75) is 24.9 Å². The van der Waals surface area contributed by atoms with Crippen LogP contribution < -0.4 is 5.32 Å². The number of aliphatic carboxylic acids is 1. The minimum absolute atomic E-state index is 0.251. The summed E-state index contributed by atoms with van der Waals surface area (Å²) in [6, 6.07) is 27.4. The monoisotopic (exact) mass is 522 g/mol. The molecular weight excluding hydrogens is 495 g/mol. The van der Waals surface area contributed by atoms with Crippen molar-refractivity contribution in [2.75, 3.05) is 5.32 Å². The molecule has 2 N–H and O–H groups in total. The Morgan fingerprint density at radius 3 is 2.03 bits per heavy atom. The van der Waals surface area contributed by atoms with Gasteiger partial charge in [-0.05, 0) is 42.3 Å². The van der Waals surface area contributed by atoms with Crippen LogP contribution in [0.2, 0.25) is 0 Å². The quantitative estimate of drug-likeness (QED) is 0.285. The molecule has 0 aliphatic carbocycles. The average molecular weight is 523 g/mol. The molecule has 1 heterocycles. The molecule has 4 aromatic carbocycles. The number of carbonyl (C=O) groups is 3. The molecule has 7 heteroatoms. The first-order valence-corrected chi connectivity index (χ1v) is 12.6. The second-order valence-corrected chi connectivity index (χ2v) is 9.68. The number of carboxylic acid groups (broad SMARTS) is 1. The summed E-state index contributed by atoms with van der Waals surface area (Å²) in [6.45, 7) is 1.90. The highest BCUT2D eigenvalue weighted by Gasteiger charge is 2.57. The molecule has 1 fully saturated rings. The standard InChI is InChI=1S/C32H27FN2O4/c1-20-9-8-14-23(19-20)28-27(30(36)22-12-6-3-7-13-22)26(21-10-4-2-5-11-21)29(31(37)38)35(28)32(39)34-25-17-15-24(33)16-18-25/h2-19,26-29H,1H3,(H,34,39)(H,37,38). The van der Waals surface area contributed by atoms with Gasteiger partial charge in [0.15, 0.2) is 5.78 Å². The van der Waals surface area contributed by atoms with E-state index in [9.17, 15) is 23.9 Å². The van der Waals surface area contributed by atoms with E-state index in [4.69, 9.17) is 0 Å². The Hall–Kier alpha value is -4.78. The van der Waals surface area contributed by atoms with E-state index in [0.717, 1.165) is 5.56 Å². The maximum absolute atomic E-state index is 14.2. The van der Waals surface area contributed by atoms with Crippen molar-refractivity contribution in [3.63, 3.8) is 0 Å². The number of nitrogens with zero attached hydrogens (tertiary/aromatic N) is 1. The number of halogens is 1. The number of hydrogen-bond donors (Lipinski definition) is 2. The third-order valence-electron chi connectivity index (χ3n) is 7.18. The number of Topliss-reactive ketones (excluding diaryl/α,β-unsaturated/α-hetero) is 1. The number of benzene rings is 4. The van der Waals surface area contributed by atoms with Gasteiger partial charge in [0.05, 0.1) is 12.0 Å². The van der Waals surface area contributed by atoms with Crippen LogP contribution in [-0.2, 0) is 4.79 Å². The lowest BCUT2D eigenvalue weighted by Gasteiger charge is -2.30. The van der Waals surface area contributed by atoms with Gasteiger partial charge in [0, 0.05) is 17.2 Å². The molecule has 196 valence electrons. The Kier molecular flexibility index (Phi) is 7.23. The molecule has 1 saturated heterocycles. The first kappa shape index (κ1) is 25.9. The first-order chi connectivity index (χ1) is 18.8. The molecule has 0 saturated carbocycles. The van der Waals surface area contributed by atoms with Crippen LogP contribution in [0.1, 0.15) is 39.0 Å². The van der Waals surface area contributed by atoms with Crippen molar-refractivity contribution >= 4 is 23.5 Å². The van der Waals surface area contributed by atoms with Crippen molar-refractivity contribution in [3.8, 4) is 0 Å². The molecule has 4 atom stereocenters. The second kappa shape index (κ2) is 10.9. The Morgan fingerprint density at radius 2 is 1.41 bits per heavy atom. The molecule has 4 aromatic rings. The van der Waals surface area contributed by atoms with Crippen molar-refractivity contribution in [2.24, 2.45) is 5.92 Å². The highest BCUT2D eigenvalue weighted by molar-refractivity contribution is 6.02. The number of rotatable bonds is 6. The smallest absolute Gasteiger partial charge is 0.327 e. The average Bonchev–Trinajstić information content (AvgIpc) is 3.31. The van der Waals surface area contributed by atoms with Gasteiger partial charge in [-0.1, -0.05) is 90.5 Å². The lowest BCUT2D eigenvalue weighted by atomic mass is 9.76. The maximum Gasteiger partial charge on any atom is 0.327 e. The summed E-state index contributed by atoms with van der Waals surface area (Å²) in [7, 11) is 0. The number of ketones is 1. The summed E-state index contributed by atoms with van der Waals surface area (Å²) in [4.78, 5) is 42.4. The number of nitrogens with one attached hydrogen (secondary N) is 1. The zero-order valence-electron chi connectivity index (χ0n) is 21.2. The molecule has 0 spiro atoms. The number of urea groups is 1. The van der Waals surface area contributed by atoms with Gasteiger partial charge >= 0.3 is 12.0 Å². The van der Waals surface area contributed by atoms with Crippen LogP contribution in [0, 0.1) is 18.7 Å². The summed E-state index contributed by atoms with van der Waals surface area (Å²) in [5.41, 5.74) is 2.96. The van der Waals surface area contributed by atoms with E-state index in [1.165, 1.54) is 29.2 Å². The van der Waals surface area contributed by atoms with Crippen LogP contribution in [0.4, 0.5) is 14.9 Å². The van der Waals surface area contributed by atoms with Gasteiger partial charge in [0.2, 0.25) is 0 Å². The summed E-state index contributed by atoms with van der Waals surface area (Å²) in [5.74, 6) is -3.66. The van der Waals surface area contributed by atoms with Crippen molar-refractivity contribution < 1.29 is 23.9 Å². The molecule has 0 aromatic heterocycles. The number of aryl methyl sites for hydroxylation is 1. The predicted octanol–water partition coefficient (Wildman–Crippen LogP) is 6.46. The molecule has 39 heavy (non-hydrogen) atoms. The Morgan fingerprint density at radius 1 is 0.795 bits per heavy atom. The molecule has 5 rings (SSSR count). The van der Waals surface area contributed by atoms with E-state index in [1.54, 1.807) is 54.6 Å². The molecule has 1 aliphatic rings. The number of hydrogen-bond acceptors (Lipinski definition) is 3. The molecule has 0 radical (unpaired) electrons. The van der Waals surface area contributed by atoms with E-state index in [0.29, 0.717) is 22.4 Å². The number of likely N-dealkylation sites (tertiary alicyclic amines) is 1. The number of carboxylic acids is 1. The van der Waals surface area contributed by atoms with Crippen LogP contribution in [0.15, 0.2) is 109 Å². The lowest BCUT2D eigenvalue weighted by molar-refractivity contribution is -0.142. The normalized spacial score (nSPS) is 20.4. The van der Waals surface area contributed by atoms with Crippen LogP contribution in [-0.4, -0.2) is 33.8 Å². The van der Waals surface area contributed by atoms with E-state index < -0.39 is 41.7 Å². The summed E-state index contributed by atoms with van der Waals surface area (Å²) < 4.78 is 13.5. The molecule has 1 aliphatic heterocycles. The zero-order valence-corrected chi connectivity index (χ0v) is 21.2. The Balaban J connectivity index is 1.71. The highest BCUT2D eigenvalue weighted by Crippen LogP contribution is 2.51. The largest absolute Gasteiger partial charge is 0.480 e. The van der Waals surface area contributed by atoms with Gasteiger partial charge < -0.3 is 15.3 Å². The highest BCUT2D eigenvalue weighted by atomic mass is 19.1. The van der Waals surface area contributed by atoms with E-state index in [-0.39, 0.29) is 5.78 Å². The topological polar surface area (TPSA) is 86.7 Å². The van der Waals surface area contributed by atoms with Gasteiger partial charge in [-0.25, -0.2) is 14.0 Å². The first-order valence-electron chi connectivity index (χ1n) is 12.6. The Bertz CT molecular complexity index is 1490. The van der Waals surface area contributed by atoms with E-state index >= 15 is 0 Å². The molecule has 6 nitrogen and oxygen atoms in total. The van der Waals surface area contributed by atoms with E-state index in [2.05, 4.69) is 5.32 Å². The third-order valence-corrected chi connectivity index (χ3v) is 7.18.